The van der Waals surface area contributed by atoms with Crippen LogP contribution in [-0.2, 0) is 31.0 Å². The van der Waals surface area contributed by atoms with Crippen LogP contribution in [0.5, 0.6) is 0 Å². The zero-order valence-electron chi connectivity index (χ0n) is 21.3. The summed E-state index contributed by atoms with van der Waals surface area (Å²) in [5, 5.41) is 0. The second kappa shape index (κ2) is 11.4. The third-order valence-corrected chi connectivity index (χ3v) is 7.13. The molecule has 38 heavy (non-hydrogen) atoms. The number of hydrogen-bond acceptors (Lipinski definition) is 5. The molecule has 5 heteroatoms. The van der Waals surface area contributed by atoms with Gasteiger partial charge in [0.05, 0.1) is 19.3 Å². The number of esters is 2. The van der Waals surface area contributed by atoms with E-state index in [0.717, 1.165) is 28.7 Å². The Morgan fingerprint density at radius 2 is 1.26 bits per heavy atom. The third-order valence-electron chi connectivity index (χ3n) is 7.13. The van der Waals surface area contributed by atoms with Gasteiger partial charge in [0.1, 0.15) is 17.6 Å². The topological polar surface area (TPSA) is 61.8 Å². The van der Waals surface area contributed by atoms with Gasteiger partial charge in [-0.3, -0.25) is 4.79 Å². The second-order valence-corrected chi connectivity index (χ2v) is 9.40. The molecule has 0 spiro atoms. The number of ether oxygens (including phenoxy) is 3. The molecule has 5 rings (SSSR count). The number of carbonyl (C=O) groups is 2. The van der Waals surface area contributed by atoms with Crippen LogP contribution in [0.2, 0.25) is 0 Å². The molecule has 0 bridgehead atoms. The Morgan fingerprint density at radius 1 is 0.763 bits per heavy atom. The monoisotopic (exact) mass is 506 g/mol. The highest BCUT2D eigenvalue weighted by Crippen LogP contribution is 2.42. The third kappa shape index (κ3) is 5.11. The van der Waals surface area contributed by atoms with Crippen LogP contribution in [0.25, 0.3) is 0 Å². The van der Waals surface area contributed by atoms with Crippen molar-refractivity contribution in [3.8, 4) is 0 Å². The molecule has 0 N–H and O–H groups in total. The largest absolute Gasteiger partial charge is 0.465 e. The SMILES string of the molecule is COC(=O)c1ccc(CC[C@@H]2OC(=O)[C@H]2COC(c2ccccc2)(c2ccccc2)c2ccccc2)cc1. The van der Waals surface area contributed by atoms with Crippen LogP contribution < -0.4 is 0 Å². The highest BCUT2D eigenvalue weighted by molar-refractivity contribution is 5.89. The molecule has 0 radical (unpaired) electrons. The highest BCUT2D eigenvalue weighted by Gasteiger charge is 2.45. The molecule has 0 aromatic heterocycles. The van der Waals surface area contributed by atoms with Crippen LogP contribution in [0, 0.1) is 5.92 Å². The molecule has 0 unspecified atom stereocenters. The van der Waals surface area contributed by atoms with Gasteiger partial charge >= 0.3 is 11.9 Å². The molecule has 192 valence electrons. The van der Waals surface area contributed by atoms with Crippen molar-refractivity contribution in [3.63, 3.8) is 0 Å². The fourth-order valence-electron chi connectivity index (χ4n) is 5.05. The minimum Gasteiger partial charge on any atom is -0.465 e. The first-order chi connectivity index (χ1) is 18.6. The number of hydrogen-bond donors (Lipinski definition) is 0. The lowest BCUT2D eigenvalue weighted by atomic mass is 9.79. The van der Waals surface area contributed by atoms with Gasteiger partial charge in [0.15, 0.2) is 0 Å². The Labute approximate surface area is 223 Å². The fourth-order valence-corrected chi connectivity index (χ4v) is 5.05. The molecule has 0 saturated carbocycles. The lowest BCUT2D eigenvalue weighted by molar-refractivity contribution is -0.194. The minimum atomic E-state index is -0.881. The van der Waals surface area contributed by atoms with Crippen LogP contribution >= 0.6 is 0 Å². The van der Waals surface area contributed by atoms with Crippen LogP contribution in [0.4, 0.5) is 0 Å². The van der Waals surface area contributed by atoms with Gasteiger partial charge in [-0.05, 0) is 47.2 Å². The van der Waals surface area contributed by atoms with Gasteiger partial charge in [-0.15, -0.1) is 0 Å². The van der Waals surface area contributed by atoms with E-state index in [4.69, 9.17) is 14.2 Å². The van der Waals surface area contributed by atoms with E-state index in [2.05, 4.69) is 36.4 Å². The fraction of sp³-hybridized carbons (Fsp3) is 0.212. The van der Waals surface area contributed by atoms with E-state index in [9.17, 15) is 9.59 Å². The summed E-state index contributed by atoms with van der Waals surface area (Å²) in [6, 6.07) is 37.7. The molecule has 1 fully saturated rings. The molecular weight excluding hydrogens is 476 g/mol. The Morgan fingerprint density at radius 3 is 1.71 bits per heavy atom. The van der Waals surface area contributed by atoms with Crippen molar-refractivity contribution in [1.29, 1.82) is 0 Å². The van der Waals surface area contributed by atoms with Crippen molar-refractivity contribution in [1.82, 2.24) is 0 Å². The van der Waals surface area contributed by atoms with Crippen molar-refractivity contribution in [2.75, 3.05) is 13.7 Å². The highest BCUT2D eigenvalue weighted by atomic mass is 16.6. The van der Waals surface area contributed by atoms with Crippen molar-refractivity contribution in [3.05, 3.63) is 143 Å². The molecule has 0 amide bonds. The summed E-state index contributed by atoms with van der Waals surface area (Å²) in [5.41, 5.74) is 3.67. The van der Waals surface area contributed by atoms with Gasteiger partial charge in [-0.25, -0.2) is 4.79 Å². The van der Waals surface area contributed by atoms with Gasteiger partial charge in [0.25, 0.3) is 0 Å². The van der Waals surface area contributed by atoms with Crippen molar-refractivity contribution in [2.45, 2.75) is 24.5 Å². The summed E-state index contributed by atoms with van der Waals surface area (Å²) in [6.45, 7) is 0.226. The standard InChI is InChI=1S/C33H30O5/c1-36-31(34)25-20-17-24(18-21-25)19-22-30-29(32(35)38-30)23-37-33(26-11-5-2-6-12-26,27-13-7-3-8-14-27)28-15-9-4-10-16-28/h2-18,20-21,29-30H,19,22-23H2,1H3/t29-,30-/m0/s1. The molecule has 0 aliphatic carbocycles. The van der Waals surface area contributed by atoms with E-state index < -0.39 is 5.60 Å². The minimum absolute atomic E-state index is 0.226. The Hall–Kier alpha value is -4.22. The Bertz CT molecular complexity index is 1250. The predicted molar refractivity (Wildman–Crippen MR) is 145 cm³/mol. The molecule has 1 saturated heterocycles. The van der Waals surface area contributed by atoms with Crippen LogP contribution in [-0.4, -0.2) is 31.8 Å². The molecule has 1 aliphatic heterocycles. The van der Waals surface area contributed by atoms with Crippen molar-refractivity contribution < 1.29 is 23.8 Å². The average molecular weight is 507 g/mol. The van der Waals surface area contributed by atoms with Gasteiger partial charge in [-0.1, -0.05) is 103 Å². The molecule has 1 aliphatic rings. The smallest absolute Gasteiger partial charge is 0.337 e. The van der Waals surface area contributed by atoms with Crippen molar-refractivity contribution in [2.24, 2.45) is 5.92 Å². The summed E-state index contributed by atoms with van der Waals surface area (Å²) in [5.74, 6) is -0.959. The first-order valence-corrected chi connectivity index (χ1v) is 12.8. The summed E-state index contributed by atoms with van der Waals surface area (Å²) in [6.07, 6.45) is 1.16. The quantitative estimate of drug-likeness (QED) is 0.196. The number of aryl methyl sites for hydroxylation is 1. The summed E-state index contributed by atoms with van der Waals surface area (Å²) >= 11 is 0. The van der Waals surface area contributed by atoms with E-state index in [-0.39, 0.29) is 30.6 Å². The number of methoxy groups -OCH3 is 1. The van der Waals surface area contributed by atoms with Crippen LogP contribution in [0.1, 0.15) is 39.0 Å². The molecular formula is C33H30O5. The summed E-state index contributed by atoms with van der Waals surface area (Å²) in [4.78, 5) is 24.3. The summed E-state index contributed by atoms with van der Waals surface area (Å²) in [7, 11) is 1.37. The maximum atomic E-state index is 12.6. The van der Waals surface area contributed by atoms with E-state index in [1.807, 2.05) is 66.7 Å². The van der Waals surface area contributed by atoms with E-state index >= 15 is 0 Å². The number of cyclic esters (lactones) is 1. The summed E-state index contributed by atoms with van der Waals surface area (Å²) < 4.78 is 17.2. The lowest BCUT2D eigenvalue weighted by Gasteiger charge is -2.40. The molecule has 1 heterocycles. The lowest BCUT2D eigenvalue weighted by Crippen LogP contribution is -2.49. The molecule has 2 atom stereocenters. The molecule has 4 aromatic rings. The van der Waals surface area contributed by atoms with Gasteiger partial charge in [0, 0.05) is 0 Å². The zero-order chi connectivity index (χ0) is 26.4. The molecule has 4 aromatic carbocycles. The second-order valence-electron chi connectivity index (χ2n) is 9.40. The number of rotatable bonds is 10. The van der Waals surface area contributed by atoms with E-state index in [1.54, 1.807) is 12.1 Å². The molecule has 5 nitrogen and oxygen atoms in total. The zero-order valence-corrected chi connectivity index (χ0v) is 21.3. The predicted octanol–water partition coefficient (Wildman–Crippen LogP) is 5.96. The van der Waals surface area contributed by atoms with Gasteiger partial charge in [0.2, 0.25) is 0 Å². The Balaban J connectivity index is 1.37. The first-order valence-electron chi connectivity index (χ1n) is 12.8. The number of carbonyl (C=O) groups excluding carboxylic acids is 2. The number of benzene rings is 4. The Kier molecular flexibility index (Phi) is 7.66. The van der Waals surface area contributed by atoms with Crippen LogP contribution in [0.15, 0.2) is 115 Å². The van der Waals surface area contributed by atoms with Crippen LogP contribution in [0.3, 0.4) is 0 Å². The van der Waals surface area contributed by atoms with E-state index in [0.29, 0.717) is 12.0 Å². The van der Waals surface area contributed by atoms with Gasteiger partial charge < -0.3 is 14.2 Å². The average Bonchev–Trinajstić information content (AvgIpc) is 2.98. The van der Waals surface area contributed by atoms with Crippen molar-refractivity contribution >= 4 is 11.9 Å². The maximum Gasteiger partial charge on any atom is 0.337 e. The first kappa shape index (κ1) is 25.4. The van der Waals surface area contributed by atoms with E-state index in [1.165, 1.54) is 7.11 Å². The normalized spacial score (nSPS) is 16.8. The maximum absolute atomic E-state index is 12.6. The van der Waals surface area contributed by atoms with Gasteiger partial charge in [-0.2, -0.15) is 0 Å².